The highest BCUT2D eigenvalue weighted by Gasteiger charge is 2.01. The molecule has 2 heteroatoms. The van der Waals surface area contributed by atoms with Crippen molar-refractivity contribution >= 4 is 6.29 Å². The van der Waals surface area contributed by atoms with Crippen LogP contribution in [0.25, 0.3) is 0 Å². The van der Waals surface area contributed by atoms with Gasteiger partial charge in [0.2, 0.25) is 0 Å². The van der Waals surface area contributed by atoms with Crippen LogP contribution in [0, 0.1) is 6.92 Å². The predicted molar refractivity (Wildman–Crippen MR) is 40.7 cm³/mol. The fourth-order valence-electron chi connectivity index (χ4n) is 0.570. The largest absolute Gasteiger partial charge is 0.371 e. The van der Waals surface area contributed by atoms with Crippen LogP contribution in [-0.2, 0) is 9.53 Å². The molecule has 10 heavy (non-hydrogen) atoms. The Morgan fingerprint density at radius 2 is 2.40 bits per heavy atom. The van der Waals surface area contributed by atoms with Gasteiger partial charge in [0.15, 0.2) is 0 Å². The standard InChI is InChI=1S/C8H15O2/c1-3-5-6-10-8(4-2)7-9/h7-8H,2-6H2,1H3. The van der Waals surface area contributed by atoms with Crippen LogP contribution < -0.4 is 0 Å². The van der Waals surface area contributed by atoms with Crippen molar-refractivity contribution in [2.45, 2.75) is 32.3 Å². The van der Waals surface area contributed by atoms with Gasteiger partial charge >= 0.3 is 0 Å². The van der Waals surface area contributed by atoms with E-state index < -0.39 is 0 Å². The first kappa shape index (κ1) is 9.63. The third-order valence-electron chi connectivity index (χ3n) is 1.27. The van der Waals surface area contributed by atoms with Crippen molar-refractivity contribution in [1.82, 2.24) is 0 Å². The lowest BCUT2D eigenvalue weighted by molar-refractivity contribution is -0.118. The summed E-state index contributed by atoms with van der Waals surface area (Å²) in [7, 11) is 0. The van der Waals surface area contributed by atoms with Crippen molar-refractivity contribution in [2.24, 2.45) is 0 Å². The smallest absolute Gasteiger partial charge is 0.148 e. The maximum atomic E-state index is 10.2. The molecule has 1 radical (unpaired) electrons. The highest BCUT2D eigenvalue weighted by molar-refractivity contribution is 5.55. The monoisotopic (exact) mass is 143 g/mol. The molecule has 0 bridgehead atoms. The fourth-order valence-corrected chi connectivity index (χ4v) is 0.570. The summed E-state index contributed by atoms with van der Waals surface area (Å²) in [5, 5.41) is 0. The first-order valence-corrected chi connectivity index (χ1v) is 3.71. The average molecular weight is 143 g/mol. The molecule has 0 spiro atoms. The molecule has 0 saturated heterocycles. The van der Waals surface area contributed by atoms with Crippen LogP contribution in [0.5, 0.6) is 0 Å². The molecule has 0 heterocycles. The van der Waals surface area contributed by atoms with Gasteiger partial charge in [0.25, 0.3) is 0 Å². The number of rotatable bonds is 6. The van der Waals surface area contributed by atoms with E-state index in [2.05, 4.69) is 13.8 Å². The van der Waals surface area contributed by atoms with Gasteiger partial charge in [0.05, 0.1) is 0 Å². The Kier molecular flexibility index (Phi) is 6.50. The summed E-state index contributed by atoms with van der Waals surface area (Å²) in [6, 6.07) is 0. The van der Waals surface area contributed by atoms with Crippen molar-refractivity contribution in [3.05, 3.63) is 6.92 Å². The topological polar surface area (TPSA) is 26.3 Å². The Balaban J connectivity index is 3.17. The molecule has 0 fully saturated rings. The molecule has 0 saturated carbocycles. The summed E-state index contributed by atoms with van der Waals surface area (Å²) in [6.45, 7) is 6.34. The minimum Gasteiger partial charge on any atom is -0.371 e. The molecular weight excluding hydrogens is 128 g/mol. The summed E-state index contributed by atoms with van der Waals surface area (Å²) in [5.41, 5.74) is 0. The Hall–Kier alpha value is -0.370. The molecule has 0 aromatic rings. The maximum Gasteiger partial charge on any atom is 0.148 e. The molecule has 0 aromatic heterocycles. The van der Waals surface area contributed by atoms with Gasteiger partial charge < -0.3 is 9.53 Å². The zero-order valence-electron chi connectivity index (χ0n) is 6.51. The van der Waals surface area contributed by atoms with Crippen molar-refractivity contribution in [1.29, 1.82) is 0 Å². The quantitative estimate of drug-likeness (QED) is 0.417. The van der Waals surface area contributed by atoms with Gasteiger partial charge in [-0.25, -0.2) is 0 Å². The lowest BCUT2D eigenvalue weighted by Gasteiger charge is -2.07. The number of carbonyl (C=O) groups is 1. The maximum absolute atomic E-state index is 10.2. The minimum atomic E-state index is -0.286. The molecule has 0 N–H and O–H groups in total. The van der Waals surface area contributed by atoms with Crippen LogP contribution in [0.1, 0.15) is 26.2 Å². The van der Waals surface area contributed by atoms with Crippen LogP contribution in [0.4, 0.5) is 0 Å². The zero-order valence-corrected chi connectivity index (χ0v) is 6.51. The van der Waals surface area contributed by atoms with E-state index in [0.717, 1.165) is 19.1 Å². The van der Waals surface area contributed by atoms with Gasteiger partial charge in [0.1, 0.15) is 12.4 Å². The van der Waals surface area contributed by atoms with Crippen molar-refractivity contribution in [3.63, 3.8) is 0 Å². The fraction of sp³-hybridized carbons (Fsp3) is 0.750. The highest BCUT2D eigenvalue weighted by atomic mass is 16.5. The third-order valence-corrected chi connectivity index (χ3v) is 1.27. The summed E-state index contributed by atoms with van der Waals surface area (Å²) in [4.78, 5) is 10.2. The Morgan fingerprint density at radius 3 is 2.80 bits per heavy atom. The molecule has 0 rings (SSSR count). The Morgan fingerprint density at radius 1 is 1.70 bits per heavy atom. The molecule has 1 unspecified atom stereocenters. The van der Waals surface area contributed by atoms with Crippen LogP contribution >= 0.6 is 0 Å². The summed E-state index contributed by atoms with van der Waals surface area (Å²) >= 11 is 0. The first-order valence-electron chi connectivity index (χ1n) is 3.71. The van der Waals surface area contributed by atoms with Gasteiger partial charge in [-0.05, 0) is 12.8 Å². The second-order valence-electron chi connectivity index (χ2n) is 2.19. The van der Waals surface area contributed by atoms with E-state index in [1.54, 1.807) is 0 Å². The van der Waals surface area contributed by atoms with Crippen LogP contribution in [0.15, 0.2) is 0 Å². The SMILES string of the molecule is [CH2]CC(C=O)OCCCC. The third kappa shape index (κ3) is 4.50. The molecule has 59 valence electrons. The molecule has 2 nitrogen and oxygen atoms in total. The highest BCUT2D eigenvalue weighted by Crippen LogP contribution is 1.96. The Bertz CT molecular complexity index is 81.3. The van der Waals surface area contributed by atoms with E-state index in [0.29, 0.717) is 13.0 Å². The van der Waals surface area contributed by atoms with Gasteiger partial charge in [-0.3, -0.25) is 0 Å². The molecule has 0 aliphatic rings. The van der Waals surface area contributed by atoms with Crippen LogP contribution in [0.3, 0.4) is 0 Å². The van der Waals surface area contributed by atoms with Crippen LogP contribution in [0.2, 0.25) is 0 Å². The summed E-state index contributed by atoms with van der Waals surface area (Å²) in [5.74, 6) is 0. The second kappa shape index (κ2) is 6.75. The van der Waals surface area contributed by atoms with Gasteiger partial charge in [-0.15, -0.1) is 0 Å². The number of unbranched alkanes of at least 4 members (excludes halogenated alkanes) is 1. The van der Waals surface area contributed by atoms with Gasteiger partial charge in [-0.2, -0.15) is 0 Å². The van der Waals surface area contributed by atoms with E-state index in [1.165, 1.54) is 0 Å². The van der Waals surface area contributed by atoms with E-state index >= 15 is 0 Å². The molecule has 0 aliphatic heterocycles. The Labute approximate surface area is 62.6 Å². The number of hydrogen-bond donors (Lipinski definition) is 0. The van der Waals surface area contributed by atoms with E-state index in [1.807, 2.05) is 0 Å². The predicted octanol–water partition coefficient (Wildman–Crippen LogP) is 1.59. The van der Waals surface area contributed by atoms with Gasteiger partial charge in [0, 0.05) is 6.61 Å². The number of aldehydes is 1. The number of ether oxygens (including phenoxy) is 1. The first-order chi connectivity index (χ1) is 4.85. The van der Waals surface area contributed by atoms with Gasteiger partial charge in [-0.1, -0.05) is 20.3 Å². The molecule has 0 aromatic carbocycles. The van der Waals surface area contributed by atoms with Crippen LogP contribution in [-0.4, -0.2) is 19.0 Å². The minimum absolute atomic E-state index is 0.286. The molecule has 1 atom stereocenters. The second-order valence-corrected chi connectivity index (χ2v) is 2.19. The number of hydrogen-bond acceptors (Lipinski definition) is 2. The molecule has 0 aliphatic carbocycles. The lowest BCUT2D eigenvalue weighted by atomic mass is 10.3. The van der Waals surface area contributed by atoms with Crippen molar-refractivity contribution in [3.8, 4) is 0 Å². The van der Waals surface area contributed by atoms with Crippen molar-refractivity contribution in [2.75, 3.05) is 6.61 Å². The lowest BCUT2D eigenvalue weighted by Crippen LogP contribution is -2.13. The number of carbonyl (C=O) groups excluding carboxylic acids is 1. The van der Waals surface area contributed by atoms with E-state index in [4.69, 9.17) is 4.74 Å². The molecular formula is C8H15O2. The summed E-state index contributed by atoms with van der Waals surface area (Å²) < 4.78 is 5.15. The zero-order chi connectivity index (χ0) is 7.82. The molecule has 0 amide bonds. The summed E-state index contributed by atoms with van der Waals surface area (Å²) in [6.07, 6.45) is 3.18. The average Bonchev–Trinajstić information content (AvgIpc) is 1.99. The van der Waals surface area contributed by atoms with Crippen molar-refractivity contribution < 1.29 is 9.53 Å². The van der Waals surface area contributed by atoms with E-state index in [-0.39, 0.29) is 6.10 Å². The normalized spacial score (nSPS) is 13.0. The van der Waals surface area contributed by atoms with E-state index in [9.17, 15) is 4.79 Å².